The molecule has 30 heavy (non-hydrogen) atoms. The fourth-order valence-corrected chi connectivity index (χ4v) is 3.11. The van der Waals surface area contributed by atoms with Gasteiger partial charge in [0.05, 0.1) is 12.5 Å². The van der Waals surface area contributed by atoms with Crippen molar-refractivity contribution in [1.29, 1.82) is 5.26 Å². The predicted octanol–water partition coefficient (Wildman–Crippen LogP) is 4.36. The highest BCUT2D eigenvalue weighted by Gasteiger charge is 2.10. The second-order valence-electron chi connectivity index (χ2n) is 6.51. The van der Waals surface area contributed by atoms with E-state index in [0.29, 0.717) is 18.9 Å². The maximum absolute atomic E-state index is 12.1. The highest BCUT2D eigenvalue weighted by Crippen LogP contribution is 2.23. The number of rotatable bonds is 7. The van der Waals surface area contributed by atoms with E-state index in [1.165, 1.54) is 6.08 Å². The van der Waals surface area contributed by atoms with Crippen molar-refractivity contribution in [3.8, 4) is 17.5 Å². The number of carbonyl (C=O) groups excluding carboxylic acids is 1. The van der Waals surface area contributed by atoms with Crippen molar-refractivity contribution >= 4 is 22.9 Å². The van der Waals surface area contributed by atoms with Gasteiger partial charge in [0.1, 0.15) is 0 Å². The highest BCUT2D eigenvalue weighted by atomic mass is 16.5. The number of fused-ring (bicyclic) bond motifs is 1. The molecule has 0 aliphatic heterocycles. The Labute approximate surface area is 172 Å². The van der Waals surface area contributed by atoms with Crippen molar-refractivity contribution in [1.82, 2.24) is 14.8 Å². The van der Waals surface area contributed by atoms with Gasteiger partial charge in [-0.2, -0.15) is 5.26 Å². The lowest BCUT2D eigenvalue weighted by molar-refractivity contribution is -0.139. The first-order valence-corrected chi connectivity index (χ1v) is 9.42. The largest absolute Gasteiger partial charge is 0.452 e. The van der Waals surface area contributed by atoms with Gasteiger partial charge in [-0.15, -0.1) is 10.2 Å². The first-order chi connectivity index (χ1) is 14.7. The molecule has 7 heteroatoms. The van der Waals surface area contributed by atoms with Gasteiger partial charge in [0, 0.05) is 40.8 Å². The van der Waals surface area contributed by atoms with Gasteiger partial charge in [0.25, 0.3) is 5.89 Å². The van der Waals surface area contributed by atoms with Gasteiger partial charge in [0.2, 0.25) is 5.89 Å². The first kappa shape index (κ1) is 19.2. The molecule has 0 fully saturated rings. The minimum Gasteiger partial charge on any atom is -0.452 e. The molecule has 0 aliphatic rings. The summed E-state index contributed by atoms with van der Waals surface area (Å²) in [5, 5.41) is 17.7. The van der Waals surface area contributed by atoms with E-state index in [9.17, 15) is 4.79 Å². The molecule has 0 unspecified atom stereocenters. The lowest BCUT2D eigenvalue weighted by atomic mass is 10.1. The van der Waals surface area contributed by atoms with Crippen LogP contribution in [0.2, 0.25) is 0 Å². The maximum atomic E-state index is 12.1. The number of aryl methyl sites for hydroxylation is 1. The lowest BCUT2D eigenvalue weighted by Crippen LogP contribution is -2.00. The van der Waals surface area contributed by atoms with Crippen LogP contribution in [-0.4, -0.2) is 20.7 Å². The molecular formula is C23H18N4O3. The number of para-hydroxylation sites is 1. The molecule has 148 valence electrons. The molecule has 4 rings (SSSR count). The van der Waals surface area contributed by atoms with E-state index in [1.54, 1.807) is 6.08 Å². The number of aromatic nitrogens is 3. The topological polar surface area (TPSA) is 93.9 Å². The molecular weight excluding hydrogens is 380 g/mol. The molecule has 0 bridgehead atoms. The summed E-state index contributed by atoms with van der Waals surface area (Å²) in [7, 11) is 0. The number of esters is 1. The van der Waals surface area contributed by atoms with E-state index >= 15 is 0 Å². The van der Waals surface area contributed by atoms with Gasteiger partial charge in [0.15, 0.2) is 6.61 Å². The summed E-state index contributed by atoms with van der Waals surface area (Å²) in [6, 6.07) is 19.4. The van der Waals surface area contributed by atoms with Gasteiger partial charge < -0.3 is 13.7 Å². The summed E-state index contributed by atoms with van der Waals surface area (Å²) < 4.78 is 12.7. The van der Waals surface area contributed by atoms with Crippen LogP contribution >= 0.6 is 0 Å². The average Bonchev–Trinajstić information content (AvgIpc) is 3.40. The van der Waals surface area contributed by atoms with E-state index in [2.05, 4.69) is 16.3 Å². The Morgan fingerprint density at radius 2 is 1.93 bits per heavy atom. The van der Waals surface area contributed by atoms with Gasteiger partial charge in [-0.3, -0.25) is 0 Å². The Hall–Kier alpha value is -4.18. The molecule has 2 aromatic carbocycles. The lowest BCUT2D eigenvalue weighted by Gasteiger charge is -2.00. The molecule has 7 nitrogen and oxygen atoms in total. The van der Waals surface area contributed by atoms with Crippen molar-refractivity contribution in [2.24, 2.45) is 0 Å². The van der Waals surface area contributed by atoms with Crippen molar-refractivity contribution in [3.05, 3.63) is 78.3 Å². The fraction of sp³-hybridized carbons (Fsp3) is 0.130. The molecule has 0 radical (unpaired) electrons. The number of ether oxygens (including phenoxy) is 1. The Kier molecular flexibility index (Phi) is 5.67. The normalized spacial score (nSPS) is 11.0. The van der Waals surface area contributed by atoms with Crippen LogP contribution in [0.25, 0.3) is 28.4 Å². The molecule has 0 amide bonds. The molecule has 4 aromatic rings. The zero-order valence-corrected chi connectivity index (χ0v) is 16.1. The molecule has 0 saturated carbocycles. The van der Waals surface area contributed by atoms with Crippen molar-refractivity contribution < 1.29 is 13.9 Å². The minimum atomic E-state index is -0.511. The standard InChI is InChI=1S/C23H18N4O3/c24-13-6-14-27-15-18(19-9-4-5-10-20(19)27)11-12-22(28)29-16-21-25-26-23(30-21)17-7-2-1-3-8-17/h1-5,7-12,15H,6,14,16H2. The van der Waals surface area contributed by atoms with Gasteiger partial charge >= 0.3 is 5.97 Å². The van der Waals surface area contributed by atoms with Crippen molar-refractivity contribution in [2.45, 2.75) is 19.6 Å². The molecule has 0 aliphatic carbocycles. The minimum absolute atomic E-state index is 0.104. The number of benzene rings is 2. The zero-order chi connectivity index (χ0) is 20.8. The van der Waals surface area contributed by atoms with Crippen LogP contribution in [0.4, 0.5) is 0 Å². The Morgan fingerprint density at radius 3 is 2.77 bits per heavy atom. The third-order valence-corrected chi connectivity index (χ3v) is 4.51. The third kappa shape index (κ3) is 4.28. The number of nitriles is 1. The first-order valence-electron chi connectivity index (χ1n) is 9.42. The number of hydrogen-bond donors (Lipinski definition) is 0. The third-order valence-electron chi connectivity index (χ3n) is 4.51. The van der Waals surface area contributed by atoms with E-state index in [0.717, 1.165) is 22.0 Å². The van der Waals surface area contributed by atoms with Crippen molar-refractivity contribution in [2.75, 3.05) is 0 Å². The monoisotopic (exact) mass is 398 g/mol. The predicted molar refractivity (Wildman–Crippen MR) is 111 cm³/mol. The second-order valence-corrected chi connectivity index (χ2v) is 6.51. The van der Waals surface area contributed by atoms with Gasteiger partial charge in [-0.25, -0.2) is 4.79 Å². The molecule has 0 N–H and O–H groups in total. The number of hydrogen-bond acceptors (Lipinski definition) is 6. The summed E-state index contributed by atoms with van der Waals surface area (Å²) in [6.45, 7) is 0.489. The van der Waals surface area contributed by atoms with E-state index < -0.39 is 5.97 Å². The van der Waals surface area contributed by atoms with Crippen molar-refractivity contribution in [3.63, 3.8) is 0 Å². The molecule has 0 saturated heterocycles. The zero-order valence-electron chi connectivity index (χ0n) is 16.1. The molecule has 2 aromatic heterocycles. The quantitative estimate of drug-likeness (QED) is 0.339. The van der Waals surface area contributed by atoms with Crippen LogP contribution < -0.4 is 0 Å². The highest BCUT2D eigenvalue weighted by molar-refractivity contribution is 5.94. The second kappa shape index (κ2) is 8.88. The average molecular weight is 398 g/mol. The van der Waals surface area contributed by atoms with Gasteiger partial charge in [-0.1, -0.05) is 36.4 Å². The summed E-state index contributed by atoms with van der Waals surface area (Å²) in [6.07, 6.45) is 5.41. The smallest absolute Gasteiger partial charge is 0.331 e. The summed E-state index contributed by atoms with van der Waals surface area (Å²) >= 11 is 0. The van der Waals surface area contributed by atoms with Crippen LogP contribution in [-0.2, 0) is 22.7 Å². The van der Waals surface area contributed by atoms with Crippen LogP contribution in [0.15, 0.2) is 71.3 Å². The van der Waals surface area contributed by atoms with Crippen LogP contribution in [0.1, 0.15) is 17.9 Å². The van der Waals surface area contributed by atoms with E-state index in [1.807, 2.05) is 65.4 Å². The maximum Gasteiger partial charge on any atom is 0.331 e. The van der Waals surface area contributed by atoms with E-state index in [-0.39, 0.29) is 12.5 Å². The van der Waals surface area contributed by atoms with Crippen LogP contribution in [0.3, 0.4) is 0 Å². The summed E-state index contributed by atoms with van der Waals surface area (Å²) in [5.41, 5.74) is 2.69. The Morgan fingerprint density at radius 1 is 1.13 bits per heavy atom. The molecule has 0 spiro atoms. The molecule has 2 heterocycles. The SMILES string of the molecule is N#CCCn1cc(C=CC(=O)OCc2nnc(-c3ccccc3)o2)c2ccccc21. The van der Waals surface area contributed by atoms with Gasteiger partial charge in [-0.05, 0) is 24.3 Å². The van der Waals surface area contributed by atoms with Crippen LogP contribution in [0, 0.1) is 11.3 Å². The number of carbonyl (C=O) groups is 1. The summed E-state index contributed by atoms with van der Waals surface area (Å²) in [4.78, 5) is 12.1. The summed E-state index contributed by atoms with van der Waals surface area (Å²) in [5.74, 6) is 0.0920. The van der Waals surface area contributed by atoms with E-state index in [4.69, 9.17) is 14.4 Å². The fourth-order valence-electron chi connectivity index (χ4n) is 3.11. The molecule has 0 atom stereocenters. The van der Waals surface area contributed by atoms with Crippen LogP contribution in [0.5, 0.6) is 0 Å². The number of nitrogens with zero attached hydrogens (tertiary/aromatic N) is 4. The Balaban J connectivity index is 1.41. The Bertz CT molecular complexity index is 1230.